The second-order valence-corrected chi connectivity index (χ2v) is 4.67. The van der Waals surface area contributed by atoms with E-state index < -0.39 is 0 Å². The Balaban J connectivity index is 2.42. The van der Waals surface area contributed by atoms with Crippen molar-refractivity contribution in [3.63, 3.8) is 0 Å². The van der Waals surface area contributed by atoms with Gasteiger partial charge in [0.2, 0.25) is 0 Å². The Kier molecular flexibility index (Phi) is 3.32. The second-order valence-electron chi connectivity index (χ2n) is 3.81. The molecule has 1 aliphatic rings. The molecular weight excluding hydrogens is 256 g/mol. The monoisotopic (exact) mass is 270 g/mol. The summed E-state index contributed by atoms with van der Waals surface area (Å²) < 4.78 is 6.52. The summed E-state index contributed by atoms with van der Waals surface area (Å²) in [5.74, 6) is 0.837. The van der Waals surface area contributed by atoms with Crippen molar-refractivity contribution in [2.24, 2.45) is 0 Å². The molecule has 0 aliphatic heterocycles. The summed E-state index contributed by atoms with van der Waals surface area (Å²) in [7, 11) is 0. The molecule has 3 heteroatoms. The van der Waals surface area contributed by atoms with E-state index in [1.165, 1.54) is 5.56 Å². The molecule has 0 bridgehead atoms. The predicted octanol–water partition coefficient (Wildman–Crippen LogP) is 3.22. The zero-order chi connectivity index (χ0) is 10.8. The molecule has 0 saturated heterocycles. The van der Waals surface area contributed by atoms with Crippen LogP contribution in [0.15, 0.2) is 16.6 Å². The van der Waals surface area contributed by atoms with E-state index in [2.05, 4.69) is 15.9 Å². The van der Waals surface area contributed by atoms with Crippen molar-refractivity contribution >= 4 is 15.9 Å². The van der Waals surface area contributed by atoms with Crippen LogP contribution in [0.4, 0.5) is 0 Å². The molecule has 82 valence electrons. The summed E-state index contributed by atoms with van der Waals surface area (Å²) in [4.78, 5) is 0. The van der Waals surface area contributed by atoms with E-state index >= 15 is 0 Å². The van der Waals surface area contributed by atoms with Gasteiger partial charge in [0.05, 0.1) is 12.7 Å². The number of hydrogen-bond acceptors (Lipinski definition) is 2. The quantitative estimate of drug-likeness (QED) is 0.894. The van der Waals surface area contributed by atoms with Gasteiger partial charge in [0.15, 0.2) is 0 Å². The van der Waals surface area contributed by atoms with Crippen LogP contribution in [0.1, 0.15) is 37.0 Å². The molecule has 1 aromatic rings. The minimum absolute atomic E-state index is 0.328. The highest BCUT2D eigenvalue weighted by Gasteiger charge is 2.20. The molecule has 1 N–H and O–H groups in total. The average molecular weight is 271 g/mol. The van der Waals surface area contributed by atoms with Gasteiger partial charge in [-0.2, -0.15) is 0 Å². The first-order chi connectivity index (χ1) is 7.22. The summed E-state index contributed by atoms with van der Waals surface area (Å²) in [5, 5.41) is 9.90. The van der Waals surface area contributed by atoms with Gasteiger partial charge in [0.1, 0.15) is 5.75 Å². The topological polar surface area (TPSA) is 29.5 Å². The molecule has 0 radical (unpaired) electrons. The van der Waals surface area contributed by atoms with Crippen LogP contribution in [0, 0.1) is 0 Å². The number of halogens is 1. The molecule has 0 spiro atoms. The normalized spacial score (nSPS) is 19.8. The van der Waals surface area contributed by atoms with Crippen LogP contribution in [0.25, 0.3) is 0 Å². The van der Waals surface area contributed by atoms with Crippen molar-refractivity contribution in [3.8, 4) is 5.75 Å². The maximum absolute atomic E-state index is 9.90. The highest BCUT2D eigenvalue weighted by Crippen LogP contribution is 2.37. The molecule has 0 heterocycles. The van der Waals surface area contributed by atoms with E-state index in [1.54, 1.807) is 0 Å². The van der Waals surface area contributed by atoms with Gasteiger partial charge in [0, 0.05) is 4.47 Å². The van der Waals surface area contributed by atoms with Gasteiger partial charge in [0.25, 0.3) is 0 Å². The molecule has 1 aliphatic carbocycles. The fourth-order valence-electron chi connectivity index (χ4n) is 2.07. The molecule has 0 saturated carbocycles. The largest absolute Gasteiger partial charge is 0.494 e. The Morgan fingerprint density at radius 2 is 2.33 bits per heavy atom. The lowest BCUT2D eigenvalue weighted by Crippen LogP contribution is -2.10. The first-order valence-corrected chi connectivity index (χ1v) is 6.15. The average Bonchev–Trinajstić information content (AvgIpc) is 2.20. The van der Waals surface area contributed by atoms with Crippen molar-refractivity contribution in [1.82, 2.24) is 0 Å². The third kappa shape index (κ3) is 2.18. The molecule has 0 aromatic heterocycles. The molecule has 1 atom stereocenters. The number of aliphatic hydroxyl groups is 1. The minimum Gasteiger partial charge on any atom is -0.494 e. The van der Waals surface area contributed by atoms with Crippen molar-refractivity contribution in [3.05, 3.63) is 27.7 Å². The van der Waals surface area contributed by atoms with E-state index in [1.807, 2.05) is 19.1 Å². The summed E-state index contributed by atoms with van der Waals surface area (Å²) in [5.41, 5.74) is 2.26. The van der Waals surface area contributed by atoms with Gasteiger partial charge in [-0.05, 0) is 49.4 Å². The van der Waals surface area contributed by atoms with Gasteiger partial charge in [-0.25, -0.2) is 0 Å². The van der Waals surface area contributed by atoms with Crippen LogP contribution in [-0.2, 0) is 6.42 Å². The molecule has 1 unspecified atom stereocenters. The van der Waals surface area contributed by atoms with E-state index in [-0.39, 0.29) is 6.10 Å². The molecule has 0 fully saturated rings. The zero-order valence-electron chi connectivity index (χ0n) is 8.79. The third-order valence-corrected chi connectivity index (χ3v) is 3.49. The molecule has 2 rings (SSSR count). The number of benzene rings is 1. The molecular formula is C12H15BrO2. The van der Waals surface area contributed by atoms with E-state index in [4.69, 9.17) is 4.74 Å². The molecule has 15 heavy (non-hydrogen) atoms. The van der Waals surface area contributed by atoms with Gasteiger partial charge in [-0.1, -0.05) is 15.9 Å². The van der Waals surface area contributed by atoms with Crippen molar-refractivity contribution in [2.45, 2.75) is 32.3 Å². The van der Waals surface area contributed by atoms with Crippen LogP contribution >= 0.6 is 15.9 Å². The number of rotatable bonds is 2. The van der Waals surface area contributed by atoms with Crippen molar-refractivity contribution in [2.75, 3.05) is 6.61 Å². The van der Waals surface area contributed by atoms with Crippen LogP contribution in [0.5, 0.6) is 5.75 Å². The zero-order valence-corrected chi connectivity index (χ0v) is 10.4. The lowest BCUT2D eigenvalue weighted by molar-refractivity contribution is 0.156. The standard InChI is InChI=1S/C12H15BrO2/c1-2-15-8-6-10-9(11(13)7-8)4-3-5-12(10)14/h6-7,12,14H,2-5H2,1H3. The Labute approximate surface area is 98.4 Å². The maximum atomic E-state index is 9.90. The molecule has 2 nitrogen and oxygen atoms in total. The number of hydrogen-bond donors (Lipinski definition) is 1. The number of ether oxygens (including phenoxy) is 1. The van der Waals surface area contributed by atoms with Crippen LogP contribution in [-0.4, -0.2) is 11.7 Å². The lowest BCUT2D eigenvalue weighted by atomic mass is 9.89. The molecule has 0 amide bonds. The predicted molar refractivity (Wildman–Crippen MR) is 63.2 cm³/mol. The Morgan fingerprint density at radius 3 is 3.07 bits per heavy atom. The van der Waals surface area contributed by atoms with E-state index in [0.29, 0.717) is 6.61 Å². The van der Waals surface area contributed by atoms with Crippen LogP contribution < -0.4 is 4.74 Å². The Hall–Kier alpha value is -0.540. The second kappa shape index (κ2) is 4.54. The SMILES string of the molecule is CCOc1cc(Br)c2c(c1)C(O)CCC2. The van der Waals surface area contributed by atoms with Crippen molar-refractivity contribution < 1.29 is 9.84 Å². The van der Waals surface area contributed by atoms with Gasteiger partial charge >= 0.3 is 0 Å². The third-order valence-electron chi connectivity index (χ3n) is 2.78. The number of fused-ring (bicyclic) bond motifs is 1. The fraction of sp³-hybridized carbons (Fsp3) is 0.500. The molecule has 1 aromatic carbocycles. The summed E-state index contributed by atoms with van der Waals surface area (Å²) >= 11 is 3.54. The highest BCUT2D eigenvalue weighted by molar-refractivity contribution is 9.10. The van der Waals surface area contributed by atoms with Crippen molar-refractivity contribution in [1.29, 1.82) is 0 Å². The maximum Gasteiger partial charge on any atom is 0.120 e. The Morgan fingerprint density at radius 1 is 1.53 bits per heavy atom. The van der Waals surface area contributed by atoms with Crippen LogP contribution in [0.2, 0.25) is 0 Å². The van der Waals surface area contributed by atoms with Gasteiger partial charge in [-0.3, -0.25) is 0 Å². The number of aliphatic hydroxyl groups excluding tert-OH is 1. The fourth-order valence-corrected chi connectivity index (χ4v) is 2.72. The first kappa shape index (κ1) is 11.0. The smallest absolute Gasteiger partial charge is 0.120 e. The van der Waals surface area contributed by atoms with Gasteiger partial charge < -0.3 is 9.84 Å². The van der Waals surface area contributed by atoms with Gasteiger partial charge in [-0.15, -0.1) is 0 Å². The minimum atomic E-state index is -0.328. The summed E-state index contributed by atoms with van der Waals surface area (Å²) in [6.07, 6.45) is 2.63. The van der Waals surface area contributed by atoms with Crippen LogP contribution in [0.3, 0.4) is 0 Å². The van der Waals surface area contributed by atoms with E-state index in [0.717, 1.165) is 35.0 Å². The first-order valence-electron chi connectivity index (χ1n) is 5.35. The highest BCUT2D eigenvalue weighted by atomic mass is 79.9. The summed E-state index contributed by atoms with van der Waals surface area (Å²) in [6.45, 7) is 2.62. The Bertz CT molecular complexity index is 363. The van der Waals surface area contributed by atoms with E-state index in [9.17, 15) is 5.11 Å². The lowest BCUT2D eigenvalue weighted by Gasteiger charge is -2.23. The summed E-state index contributed by atoms with van der Waals surface area (Å²) in [6, 6.07) is 3.95.